The number of hydrogen-bond donors (Lipinski definition) is 2. The maximum Gasteiger partial charge on any atom is 0.147 e. The first kappa shape index (κ1) is 44.9. The van der Waals surface area contributed by atoms with Gasteiger partial charge in [-0.3, -0.25) is 0 Å². The number of hydrogen-bond acceptors (Lipinski definition) is 4. The number of fused-ring (bicyclic) bond motifs is 6. The number of phenols is 2. The number of rotatable bonds is 12. The van der Waals surface area contributed by atoms with Gasteiger partial charge in [0.15, 0.2) is 0 Å². The van der Waals surface area contributed by atoms with Crippen LogP contribution < -0.4 is 9.47 Å². The third kappa shape index (κ3) is 7.99. The normalized spacial score (nSPS) is 15.3. The van der Waals surface area contributed by atoms with Crippen molar-refractivity contribution in [2.24, 2.45) is 11.8 Å². The smallest absolute Gasteiger partial charge is 0.147 e. The molecule has 0 aliphatic heterocycles. The molecule has 6 nitrogen and oxygen atoms in total. The first-order valence-electron chi connectivity index (χ1n) is 24.6. The molecule has 11 rings (SSSR count). The molecule has 0 amide bonds. The van der Waals surface area contributed by atoms with Crippen LogP contribution in [-0.4, -0.2) is 32.6 Å². The fourth-order valence-electron chi connectivity index (χ4n) is 10.9. The second kappa shape index (κ2) is 18.4. The number of phenolic OH excluding ortho intramolecular Hbond substituents is 2. The van der Waals surface area contributed by atoms with Gasteiger partial charge in [-0.05, 0) is 133 Å². The van der Waals surface area contributed by atoms with Gasteiger partial charge < -0.3 is 28.8 Å². The minimum absolute atomic E-state index is 0.0394. The lowest BCUT2D eigenvalue weighted by Crippen LogP contribution is -2.30. The predicted molar refractivity (Wildman–Crippen MR) is 280 cm³/mol. The Morgan fingerprint density at radius 2 is 0.800 bits per heavy atom. The quantitative estimate of drug-likeness (QED) is 0.128. The molecule has 8 aromatic carbocycles. The van der Waals surface area contributed by atoms with E-state index in [0.29, 0.717) is 58.3 Å². The topological polar surface area (TPSA) is 68.8 Å². The SMILES string of the molecule is CC(C)c1cc(-c2cc(F)ccc2OC[C@@H]2CCCC[C@H]2COc2ccc(F)cc2-c2cc(C(C)C)cc(-n3c4ccccc4c4ccccc43)c2O)c(O)c(-n2c3ccccc3c3ccccc32)c1. The van der Waals surface area contributed by atoms with Crippen molar-refractivity contribution in [1.29, 1.82) is 0 Å². The van der Waals surface area contributed by atoms with Crippen molar-refractivity contribution < 1.29 is 28.5 Å². The van der Waals surface area contributed by atoms with Crippen molar-refractivity contribution in [3.05, 3.63) is 180 Å². The minimum atomic E-state index is -0.429. The van der Waals surface area contributed by atoms with Gasteiger partial charge in [0.25, 0.3) is 0 Å². The summed E-state index contributed by atoms with van der Waals surface area (Å²) < 4.78 is 48.5. The first-order valence-corrected chi connectivity index (χ1v) is 24.6. The van der Waals surface area contributed by atoms with E-state index in [-0.39, 0.29) is 35.2 Å². The van der Waals surface area contributed by atoms with E-state index < -0.39 is 11.6 Å². The molecule has 0 bridgehead atoms. The van der Waals surface area contributed by atoms with Crippen LogP contribution in [0.25, 0.3) is 77.2 Å². The van der Waals surface area contributed by atoms with Crippen molar-refractivity contribution in [1.82, 2.24) is 9.13 Å². The number of halogens is 2. The molecular formula is C62H56F2N2O4. The largest absolute Gasteiger partial charge is 0.505 e. The molecular weight excluding hydrogens is 875 g/mol. The van der Waals surface area contributed by atoms with Crippen molar-refractivity contribution >= 4 is 43.6 Å². The summed E-state index contributed by atoms with van der Waals surface area (Å²) >= 11 is 0. The molecule has 0 unspecified atom stereocenters. The van der Waals surface area contributed by atoms with Crippen LogP contribution in [0.15, 0.2) is 158 Å². The highest BCUT2D eigenvalue weighted by atomic mass is 19.1. The van der Waals surface area contributed by atoms with Crippen LogP contribution in [0.1, 0.15) is 76.3 Å². The highest BCUT2D eigenvalue weighted by molar-refractivity contribution is 6.10. The Kier molecular flexibility index (Phi) is 11.8. The van der Waals surface area contributed by atoms with Crippen LogP contribution in [-0.2, 0) is 0 Å². The summed E-state index contributed by atoms with van der Waals surface area (Å²) in [4.78, 5) is 0. The Morgan fingerprint density at radius 3 is 1.14 bits per heavy atom. The Hall–Kier alpha value is -7.58. The lowest BCUT2D eigenvalue weighted by molar-refractivity contribution is 0.105. The molecule has 1 saturated carbocycles. The molecule has 0 saturated heterocycles. The van der Waals surface area contributed by atoms with Gasteiger partial charge in [0.1, 0.15) is 34.6 Å². The van der Waals surface area contributed by atoms with Gasteiger partial charge in [-0.25, -0.2) is 8.78 Å². The molecule has 70 heavy (non-hydrogen) atoms. The summed E-state index contributed by atoms with van der Waals surface area (Å²) in [6.07, 6.45) is 3.88. The minimum Gasteiger partial charge on any atom is -0.505 e. The molecule has 0 spiro atoms. The molecule has 2 N–H and O–H groups in total. The Morgan fingerprint density at radius 1 is 0.457 bits per heavy atom. The number of aromatic hydroxyl groups is 2. The molecule has 10 aromatic rings. The molecule has 352 valence electrons. The third-order valence-corrected chi connectivity index (χ3v) is 14.6. The number of aromatic nitrogens is 2. The highest BCUT2D eigenvalue weighted by Crippen LogP contribution is 2.47. The van der Waals surface area contributed by atoms with Gasteiger partial charge in [0.2, 0.25) is 0 Å². The summed E-state index contributed by atoms with van der Waals surface area (Å²) in [7, 11) is 0. The lowest BCUT2D eigenvalue weighted by atomic mass is 9.80. The van der Waals surface area contributed by atoms with Crippen molar-refractivity contribution in [3.63, 3.8) is 0 Å². The van der Waals surface area contributed by atoms with Gasteiger partial charge in [-0.15, -0.1) is 0 Å². The van der Waals surface area contributed by atoms with Crippen molar-refractivity contribution in [3.8, 4) is 56.6 Å². The summed E-state index contributed by atoms with van der Waals surface area (Å²) in [5.41, 5.74) is 9.03. The average Bonchev–Trinajstić information content (AvgIpc) is 3.89. The lowest BCUT2D eigenvalue weighted by Gasteiger charge is -2.32. The molecule has 1 fully saturated rings. The van der Waals surface area contributed by atoms with E-state index in [1.54, 1.807) is 12.1 Å². The maximum absolute atomic E-state index is 15.4. The van der Waals surface area contributed by atoms with E-state index in [9.17, 15) is 10.2 Å². The summed E-state index contributed by atoms with van der Waals surface area (Å²) in [6, 6.07) is 49.8. The second-order valence-corrected chi connectivity index (χ2v) is 19.6. The molecule has 0 radical (unpaired) electrons. The van der Waals surface area contributed by atoms with Crippen molar-refractivity contribution in [2.75, 3.05) is 13.2 Å². The van der Waals surface area contributed by atoms with Gasteiger partial charge in [0, 0.05) is 43.8 Å². The predicted octanol–water partition coefficient (Wildman–Crippen LogP) is 16.4. The van der Waals surface area contributed by atoms with Crippen LogP contribution in [0.3, 0.4) is 0 Å². The van der Waals surface area contributed by atoms with Crippen LogP contribution in [0.5, 0.6) is 23.0 Å². The number of ether oxygens (including phenoxy) is 2. The zero-order valence-electron chi connectivity index (χ0n) is 39.9. The van der Waals surface area contributed by atoms with E-state index in [4.69, 9.17) is 9.47 Å². The van der Waals surface area contributed by atoms with Crippen LogP contribution in [0.4, 0.5) is 8.78 Å². The fourth-order valence-corrected chi connectivity index (χ4v) is 10.9. The first-order chi connectivity index (χ1) is 34.0. The molecule has 8 heteroatoms. The van der Waals surface area contributed by atoms with E-state index >= 15 is 8.78 Å². The highest BCUT2D eigenvalue weighted by Gasteiger charge is 2.29. The zero-order valence-corrected chi connectivity index (χ0v) is 39.9. The van der Waals surface area contributed by atoms with Crippen LogP contribution in [0, 0.1) is 23.5 Å². The van der Waals surface area contributed by atoms with Gasteiger partial charge in [-0.2, -0.15) is 0 Å². The van der Waals surface area contributed by atoms with E-state index in [0.717, 1.165) is 80.4 Å². The van der Waals surface area contributed by atoms with Crippen molar-refractivity contribution in [2.45, 2.75) is 65.2 Å². The number of para-hydroxylation sites is 4. The van der Waals surface area contributed by atoms with Gasteiger partial charge >= 0.3 is 0 Å². The molecule has 2 aromatic heterocycles. The molecule has 2 heterocycles. The van der Waals surface area contributed by atoms with E-state index in [2.05, 4.69) is 85.4 Å². The zero-order chi connectivity index (χ0) is 48.2. The standard InChI is InChI=1S/C62H56F2N2O4/c1-37(2)41-29-51(61(67)57(31-41)65-53-21-11-7-17-45(53)46-18-8-12-22-54(46)65)49-33-43(63)25-27-59(49)69-35-39-15-5-6-16-40(39)36-70-60-28-26-44(64)34-50(60)52-30-42(38(3)4)32-58(62(52)68)66-55-23-13-9-19-47(55)48-20-10-14-24-56(48)66/h7-14,17-34,37-40,67-68H,5-6,15-16,35-36H2,1-4H3/t39-,40-/m0/s1. The van der Waals surface area contributed by atoms with Gasteiger partial charge in [0.05, 0.1) is 46.7 Å². The molecule has 1 aliphatic carbocycles. The summed E-state index contributed by atoms with van der Waals surface area (Å²) in [5, 5.41) is 29.0. The second-order valence-electron chi connectivity index (χ2n) is 19.6. The Labute approximate surface area is 407 Å². The summed E-state index contributed by atoms with van der Waals surface area (Å²) in [5.74, 6) is 0.598. The average molecular weight is 931 g/mol. The van der Waals surface area contributed by atoms with E-state index in [1.165, 1.54) is 24.3 Å². The van der Waals surface area contributed by atoms with Gasteiger partial charge in [-0.1, -0.05) is 113 Å². The maximum atomic E-state index is 15.4. The third-order valence-electron chi connectivity index (χ3n) is 14.6. The molecule has 2 atom stereocenters. The van der Waals surface area contributed by atoms with Crippen LogP contribution in [0.2, 0.25) is 0 Å². The molecule has 1 aliphatic rings. The van der Waals surface area contributed by atoms with E-state index in [1.807, 2.05) is 72.8 Å². The Bertz CT molecular complexity index is 3260. The van der Waals surface area contributed by atoms with Crippen LogP contribution >= 0.6 is 0 Å². The number of nitrogens with zero attached hydrogens (tertiary/aromatic N) is 2. The fraction of sp³-hybridized carbons (Fsp3) is 0.226. The Balaban J connectivity index is 0.908. The summed E-state index contributed by atoms with van der Waals surface area (Å²) in [6.45, 7) is 9.17. The monoisotopic (exact) mass is 930 g/mol. The number of benzene rings is 8.